The number of nitrogens with one attached hydrogen (secondary N) is 1. The Morgan fingerprint density at radius 3 is 2.31 bits per heavy atom. The molecule has 1 rings (SSSR count). The molecule has 16 heavy (non-hydrogen) atoms. The molecule has 0 atom stereocenters. The highest BCUT2D eigenvalue weighted by Crippen LogP contribution is 2.20. The van der Waals surface area contributed by atoms with Gasteiger partial charge in [0.2, 0.25) is 0 Å². The van der Waals surface area contributed by atoms with E-state index in [0.29, 0.717) is 0 Å². The van der Waals surface area contributed by atoms with E-state index in [1.165, 1.54) is 14.1 Å². The molecule has 0 aliphatic heterocycles. The normalized spacial score (nSPS) is 18.4. The van der Waals surface area contributed by atoms with Crippen molar-refractivity contribution in [2.45, 2.75) is 38.2 Å². The number of amides is 1. The van der Waals surface area contributed by atoms with Crippen molar-refractivity contribution in [2.24, 2.45) is 0 Å². The summed E-state index contributed by atoms with van der Waals surface area (Å²) in [6.07, 6.45) is 3.80. The molecule has 0 spiro atoms. The molecule has 94 valence electrons. The summed E-state index contributed by atoms with van der Waals surface area (Å²) in [5.74, 6) is 0. The van der Waals surface area contributed by atoms with Crippen LogP contribution in [0.5, 0.6) is 0 Å². The molecule has 0 aromatic heterocycles. The molecule has 0 heterocycles. The van der Waals surface area contributed by atoms with E-state index in [9.17, 15) is 13.2 Å². The molecule has 0 unspecified atom stereocenters. The highest BCUT2D eigenvalue weighted by molar-refractivity contribution is 7.87. The molecule has 1 saturated carbocycles. The molecule has 1 aliphatic carbocycles. The monoisotopic (exact) mass is 250 g/mol. The molecule has 1 fully saturated rings. The Morgan fingerprint density at radius 2 is 1.81 bits per heavy atom. The second-order valence-corrected chi connectivity index (χ2v) is 5.94. The van der Waals surface area contributed by atoms with E-state index in [4.69, 9.17) is 4.74 Å². The first-order chi connectivity index (χ1) is 7.42. The van der Waals surface area contributed by atoms with E-state index >= 15 is 0 Å². The van der Waals surface area contributed by atoms with Gasteiger partial charge in [-0.05, 0) is 25.7 Å². The van der Waals surface area contributed by atoms with Crippen molar-refractivity contribution in [2.75, 3.05) is 14.1 Å². The van der Waals surface area contributed by atoms with Crippen molar-refractivity contribution in [3.8, 4) is 0 Å². The first-order valence-corrected chi connectivity index (χ1v) is 6.76. The van der Waals surface area contributed by atoms with Gasteiger partial charge in [-0.25, -0.2) is 9.52 Å². The van der Waals surface area contributed by atoms with E-state index in [0.717, 1.165) is 36.4 Å². The SMILES string of the molecule is CN(C)S(=O)(=O)NC(=O)OC1CCCCC1. The minimum atomic E-state index is -3.74. The average Bonchev–Trinajstić information content (AvgIpc) is 2.17. The number of carbonyl (C=O) groups excluding carboxylic acids is 1. The lowest BCUT2D eigenvalue weighted by molar-refractivity contribution is 0.0795. The summed E-state index contributed by atoms with van der Waals surface area (Å²) in [5, 5.41) is 0. The molecule has 1 aliphatic rings. The summed E-state index contributed by atoms with van der Waals surface area (Å²) in [5.41, 5.74) is 0. The van der Waals surface area contributed by atoms with Gasteiger partial charge in [0, 0.05) is 14.1 Å². The van der Waals surface area contributed by atoms with Crippen LogP contribution in [-0.2, 0) is 14.9 Å². The van der Waals surface area contributed by atoms with Gasteiger partial charge in [-0.2, -0.15) is 12.7 Å². The molecule has 1 amide bonds. The number of carbonyl (C=O) groups is 1. The van der Waals surface area contributed by atoms with Gasteiger partial charge in [-0.3, -0.25) is 0 Å². The van der Waals surface area contributed by atoms with Crippen LogP contribution in [0.4, 0.5) is 4.79 Å². The number of rotatable bonds is 3. The smallest absolute Gasteiger partial charge is 0.422 e. The highest BCUT2D eigenvalue weighted by Gasteiger charge is 2.22. The van der Waals surface area contributed by atoms with Gasteiger partial charge in [-0.15, -0.1) is 0 Å². The predicted molar refractivity (Wildman–Crippen MR) is 59.1 cm³/mol. The van der Waals surface area contributed by atoms with Crippen molar-refractivity contribution in [1.29, 1.82) is 0 Å². The Bertz CT molecular complexity index is 333. The second kappa shape index (κ2) is 5.49. The predicted octanol–water partition coefficient (Wildman–Crippen LogP) is 0.852. The maximum Gasteiger partial charge on any atom is 0.422 e. The van der Waals surface area contributed by atoms with Crippen molar-refractivity contribution in [1.82, 2.24) is 9.03 Å². The van der Waals surface area contributed by atoms with E-state index in [1.54, 1.807) is 0 Å². The molecule has 0 saturated heterocycles. The van der Waals surface area contributed by atoms with Gasteiger partial charge in [0.25, 0.3) is 0 Å². The summed E-state index contributed by atoms with van der Waals surface area (Å²) in [6.45, 7) is 0. The summed E-state index contributed by atoms with van der Waals surface area (Å²) < 4.78 is 30.4. The minimum Gasteiger partial charge on any atom is -0.446 e. The van der Waals surface area contributed by atoms with Crippen LogP contribution in [0, 0.1) is 0 Å². The van der Waals surface area contributed by atoms with Crippen LogP contribution in [0.2, 0.25) is 0 Å². The number of ether oxygens (including phenoxy) is 1. The lowest BCUT2D eigenvalue weighted by Gasteiger charge is -2.22. The maximum atomic E-state index is 11.3. The molecule has 0 aromatic rings. The Morgan fingerprint density at radius 1 is 1.25 bits per heavy atom. The number of hydrogen-bond acceptors (Lipinski definition) is 4. The van der Waals surface area contributed by atoms with E-state index in [2.05, 4.69) is 0 Å². The molecular weight excluding hydrogens is 232 g/mol. The van der Waals surface area contributed by atoms with Crippen LogP contribution in [-0.4, -0.2) is 39.0 Å². The second-order valence-electron chi connectivity index (χ2n) is 4.05. The van der Waals surface area contributed by atoms with Crippen LogP contribution in [0.3, 0.4) is 0 Å². The summed E-state index contributed by atoms with van der Waals surface area (Å²) >= 11 is 0. The Balaban J connectivity index is 2.41. The lowest BCUT2D eigenvalue weighted by atomic mass is 9.98. The van der Waals surface area contributed by atoms with E-state index in [-0.39, 0.29) is 6.10 Å². The first kappa shape index (κ1) is 13.2. The zero-order valence-electron chi connectivity index (χ0n) is 9.60. The molecule has 0 radical (unpaired) electrons. The van der Waals surface area contributed by atoms with Crippen molar-refractivity contribution in [3.63, 3.8) is 0 Å². The Kier molecular flexibility index (Phi) is 4.55. The van der Waals surface area contributed by atoms with Crippen molar-refractivity contribution < 1.29 is 17.9 Å². The topological polar surface area (TPSA) is 75.7 Å². The first-order valence-electron chi connectivity index (χ1n) is 5.32. The fourth-order valence-electron chi connectivity index (χ4n) is 1.56. The molecular formula is C9H18N2O4S. The fourth-order valence-corrected chi connectivity index (χ4v) is 2.00. The molecule has 0 bridgehead atoms. The van der Waals surface area contributed by atoms with Crippen molar-refractivity contribution in [3.05, 3.63) is 0 Å². The molecule has 1 N–H and O–H groups in total. The van der Waals surface area contributed by atoms with Gasteiger partial charge < -0.3 is 4.74 Å². The van der Waals surface area contributed by atoms with Gasteiger partial charge in [-0.1, -0.05) is 6.42 Å². The Labute approximate surface area is 96.1 Å². The van der Waals surface area contributed by atoms with Gasteiger partial charge >= 0.3 is 16.3 Å². The lowest BCUT2D eigenvalue weighted by Crippen LogP contribution is -2.41. The summed E-state index contributed by atoms with van der Waals surface area (Å²) in [6, 6.07) is 0. The third-order valence-corrected chi connectivity index (χ3v) is 3.90. The van der Waals surface area contributed by atoms with Gasteiger partial charge in [0.15, 0.2) is 0 Å². The zero-order valence-corrected chi connectivity index (χ0v) is 10.4. The van der Waals surface area contributed by atoms with Gasteiger partial charge in [0.1, 0.15) is 6.10 Å². The average molecular weight is 250 g/mol. The third-order valence-electron chi connectivity index (χ3n) is 2.52. The molecule has 6 nitrogen and oxygen atoms in total. The quantitative estimate of drug-likeness (QED) is 0.805. The van der Waals surface area contributed by atoms with Crippen LogP contribution in [0.25, 0.3) is 0 Å². The molecule has 7 heteroatoms. The van der Waals surface area contributed by atoms with Crippen LogP contribution in [0.1, 0.15) is 32.1 Å². The standard InChI is InChI=1S/C9H18N2O4S/c1-11(2)16(13,14)10-9(12)15-8-6-4-3-5-7-8/h8H,3-7H2,1-2H3,(H,10,12). The summed E-state index contributed by atoms with van der Waals surface area (Å²) in [7, 11) is -1.05. The summed E-state index contributed by atoms with van der Waals surface area (Å²) in [4.78, 5) is 11.3. The van der Waals surface area contributed by atoms with Crippen LogP contribution < -0.4 is 4.72 Å². The zero-order chi connectivity index (χ0) is 12.2. The third kappa shape index (κ3) is 3.97. The minimum absolute atomic E-state index is 0.147. The fraction of sp³-hybridized carbons (Fsp3) is 0.889. The maximum absolute atomic E-state index is 11.3. The largest absolute Gasteiger partial charge is 0.446 e. The molecule has 0 aromatic carbocycles. The van der Waals surface area contributed by atoms with Crippen molar-refractivity contribution >= 4 is 16.3 Å². The number of hydrogen-bond donors (Lipinski definition) is 1. The van der Waals surface area contributed by atoms with E-state index in [1.807, 2.05) is 4.72 Å². The highest BCUT2D eigenvalue weighted by atomic mass is 32.2. The Hall–Kier alpha value is -0.820. The van der Waals surface area contributed by atoms with Crippen LogP contribution in [0.15, 0.2) is 0 Å². The van der Waals surface area contributed by atoms with Crippen LogP contribution >= 0.6 is 0 Å². The van der Waals surface area contributed by atoms with Gasteiger partial charge in [0.05, 0.1) is 0 Å². The number of nitrogens with zero attached hydrogens (tertiary/aromatic N) is 1. The van der Waals surface area contributed by atoms with E-state index < -0.39 is 16.3 Å².